The normalized spacial score (nSPS) is 12.8. The Morgan fingerprint density at radius 3 is 2.67 bits per heavy atom. The lowest BCUT2D eigenvalue weighted by Crippen LogP contribution is -1.90. The number of fused-ring (bicyclic) bond motifs is 1. The van der Waals surface area contributed by atoms with Gasteiger partial charge in [-0.3, -0.25) is 4.98 Å². The predicted octanol–water partition coefficient (Wildman–Crippen LogP) is 3.32. The Morgan fingerprint density at radius 2 is 1.80 bits per heavy atom. The van der Waals surface area contributed by atoms with Crippen molar-refractivity contribution in [3.63, 3.8) is 0 Å². The van der Waals surface area contributed by atoms with Gasteiger partial charge in [0.15, 0.2) is 0 Å². The van der Waals surface area contributed by atoms with Crippen molar-refractivity contribution < 1.29 is 0 Å². The topological polar surface area (TPSA) is 12.9 Å². The lowest BCUT2D eigenvalue weighted by Gasteiger charge is -2.03. The van der Waals surface area contributed by atoms with Crippen LogP contribution in [0, 0.1) is 0 Å². The molecule has 1 aliphatic carbocycles. The van der Waals surface area contributed by atoms with Crippen LogP contribution in [-0.4, -0.2) is 4.98 Å². The van der Waals surface area contributed by atoms with Crippen molar-refractivity contribution >= 4 is 6.08 Å². The second-order valence-corrected chi connectivity index (χ2v) is 3.70. The minimum atomic E-state index is 0.968. The number of allylic oxidation sites excluding steroid dienone is 1. The van der Waals surface area contributed by atoms with Crippen LogP contribution < -0.4 is 0 Å². The fourth-order valence-electron chi connectivity index (χ4n) is 1.89. The minimum Gasteiger partial charge on any atom is -0.252 e. The summed E-state index contributed by atoms with van der Waals surface area (Å²) in [5, 5.41) is 0. The van der Waals surface area contributed by atoms with Crippen molar-refractivity contribution in [2.24, 2.45) is 0 Å². The van der Waals surface area contributed by atoms with Crippen molar-refractivity contribution in [3.8, 4) is 11.3 Å². The van der Waals surface area contributed by atoms with Crippen LogP contribution in [0.15, 0.2) is 48.5 Å². The number of nitrogens with zero attached hydrogens (tertiary/aromatic N) is 1. The summed E-state index contributed by atoms with van der Waals surface area (Å²) in [6, 6.07) is 14.5. The zero-order valence-corrected chi connectivity index (χ0v) is 8.35. The highest BCUT2D eigenvalue weighted by molar-refractivity contribution is 5.64. The molecule has 1 aliphatic rings. The highest BCUT2D eigenvalue weighted by Crippen LogP contribution is 2.22. The van der Waals surface area contributed by atoms with Crippen LogP contribution in [0.4, 0.5) is 0 Å². The van der Waals surface area contributed by atoms with Crippen molar-refractivity contribution in [1.29, 1.82) is 0 Å². The van der Waals surface area contributed by atoms with E-state index in [0.717, 1.165) is 12.1 Å². The molecule has 72 valence electrons. The SMILES string of the molecule is C1=Cc2ccc(-c3ccccc3)nc2C1. The first kappa shape index (κ1) is 8.42. The van der Waals surface area contributed by atoms with E-state index in [1.165, 1.54) is 16.8 Å². The van der Waals surface area contributed by atoms with E-state index in [-0.39, 0.29) is 0 Å². The van der Waals surface area contributed by atoms with Crippen LogP contribution in [0.1, 0.15) is 11.3 Å². The van der Waals surface area contributed by atoms with Crippen LogP contribution >= 0.6 is 0 Å². The Kier molecular flexibility index (Phi) is 1.88. The Labute approximate surface area is 89.1 Å². The molecule has 0 bridgehead atoms. The molecule has 1 heterocycles. The third-order valence-electron chi connectivity index (χ3n) is 2.69. The summed E-state index contributed by atoms with van der Waals surface area (Å²) in [7, 11) is 0. The van der Waals surface area contributed by atoms with Crippen LogP contribution in [0.25, 0.3) is 17.3 Å². The van der Waals surface area contributed by atoms with Gasteiger partial charge >= 0.3 is 0 Å². The molecule has 0 fully saturated rings. The largest absolute Gasteiger partial charge is 0.252 e. The lowest BCUT2D eigenvalue weighted by molar-refractivity contribution is 1.13. The fraction of sp³-hybridized carbons (Fsp3) is 0.0714. The van der Waals surface area contributed by atoms with E-state index >= 15 is 0 Å². The Hall–Kier alpha value is -1.89. The molecule has 3 rings (SSSR count). The molecule has 0 N–H and O–H groups in total. The van der Waals surface area contributed by atoms with Gasteiger partial charge in [-0.15, -0.1) is 0 Å². The molecule has 1 heteroatoms. The Bertz CT molecular complexity index is 512. The maximum Gasteiger partial charge on any atom is 0.0705 e. The number of rotatable bonds is 1. The molecule has 0 atom stereocenters. The second-order valence-electron chi connectivity index (χ2n) is 3.70. The Balaban J connectivity index is 2.09. The lowest BCUT2D eigenvalue weighted by atomic mass is 10.1. The van der Waals surface area contributed by atoms with Gasteiger partial charge in [-0.05, 0) is 11.6 Å². The zero-order valence-electron chi connectivity index (χ0n) is 8.35. The highest BCUT2D eigenvalue weighted by atomic mass is 14.7. The van der Waals surface area contributed by atoms with E-state index in [1.54, 1.807) is 0 Å². The molecule has 0 radical (unpaired) electrons. The van der Waals surface area contributed by atoms with E-state index < -0.39 is 0 Å². The number of hydrogen-bond donors (Lipinski definition) is 0. The van der Waals surface area contributed by atoms with E-state index in [1.807, 2.05) is 18.2 Å². The first-order valence-electron chi connectivity index (χ1n) is 5.15. The van der Waals surface area contributed by atoms with E-state index in [2.05, 4.69) is 41.4 Å². The molecule has 0 aliphatic heterocycles. The van der Waals surface area contributed by atoms with Gasteiger partial charge in [-0.25, -0.2) is 0 Å². The second kappa shape index (κ2) is 3.35. The molecule has 1 nitrogen and oxygen atoms in total. The monoisotopic (exact) mass is 193 g/mol. The van der Waals surface area contributed by atoms with Gasteiger partial charge in [0.1, 0.15) is 0 Å². The average Bonchev–Trinajstić information content (AvgIpc) is 2.77. The van der Waals surface area contributed by atoms with Gasteiger partial charge in [0.2, 0.25) is 0 Å². The van der Waals surface area contributed by atoms with Crippen molar-refractivity contribution in [2.45, 2.75) is 6.42 Å². The van der Waals surface area contributed by atoms with Crippen molar-refractivity contribution in [3.05, 3.63) is 59.8 Å². The third-order valence-corrected chi connectivity index (χ3v) is 2.69. The average molecular weight is 193 g/mol. The van der Waals surface area contributed by atoms with E-state index in [0.29, 0.717) is 0 Å². The first-order chi connectivity index (χ1) is 7.43. The summed E-state index contributed by atoms with van der Waals surface area (Å²) in [4.78, 5) is 4.66. The van der Waals surface area contributed by atoms with Crippen molar-refractivity contribution in [2.75, 3.05) is 0 Å². The smallest absolute Gasteiger partial charge is 0.0705 e. The molecule has 2 aromatic rings. The maximum atomic E-state index is 4.66. The molecule has 0 saturated heterocycles. The summed E-state index contributed by atoms with van der Waals surface area (Å²) in [6.45, 7) is 0. The Morgan fingerprint density at radius 1 is 0.933 bits per heavy atom. The van der Waals surface area contributed by atoms with Crippen LogP contribution in [0.5, 0.6) is 0 Å². The van der Waals surface area contributed by atoms with Gasteiger partial charge < -0.3 is 0 Å². The van der Waals surface area contributed by atoms with E-state index in [4.69, 9.17) is 0 Å². The number of pyridine rings is 1. The maximum absolute atomic E-state index is 4.66. The molecule has 15 heavy (non-hydrogen) atoms. The quantitative estimate of drug-likeness (QED) is 0.677. The van der Waals surface area contributed by atoms with Crippen molar-refractivity contribution in [1.82, 2.24) is 4.98 Å². The van der Waals surface area contributed by atoms with Gasteiger partial charge in [-0.1, -0.05) is 48.6 Å². The minimum absolute atomic E-state index is 0.968. The predicted molar refractivity (Wildman–Crippen MR) is 62.4 cm³/mol. The molecule has 1 aromatic carbocycles. The fourth-order valence-corrected chi connectivity index (χ4v) is 1.89. The van der Waals surface area contributed by atoms with Gasteiger partial charge in [-0.2, -0.15) is 0 Å². The molecule has 0 spiro atoms. The summed E-state index contributed by atoms with van der Waals surface area (Å²) in [6.07, 6.45) is 5.26. The van der Waals surface area contributed by atoms with Gasteiger partial charge in [0.25, 0.3) is 0 Å². The molecule has 0 amide bonds. The van der Waals surface area contributed by atoms with Crippen LogP contribution in [0.3, 0.4) is 0 Å². The summed E-state index contributed by atoms with van der Waals surface area (Å²) in [5.41, 5.74) is 4.70. The summed E-state index contributed by atoms with van der Waals surface area (Å²) < 4.78 is 0. The molecular formula is C14H11N. The van der Waals surface area contributed by atoms with Gasteiger partial charge in [0.05, 0.1) is 11.4 Å². The number of hydrogen-bond acceptors (Lipinski definition) is 1. The summed E-state index contributed by atoms with van der Waals surface area (Å²) in [5.74, 6) is 0. The number of benzene rings is 1. The molecule has 0 saturated carbocycles. The van der Waals surface area contributed by atoms with E-state index in [9.17, 15) is 0 Å². The first-order valence-corrected chi connectivity index (χ1v) is 5.15. The molecule has 1 aromatic heterocycles. The molecule has 0 unspecified atom stereocenters. The van der Waals surface area contributed by atoms with Crippen LogP contribution in [-0.2, 0) is 6.42 Å². The highest BCUT2D eigenvalue weighted by Gasteiger charge is 2.07. The van der Waals surface area contributed by atoms with Gasteiger partial charge in [0, 0.05) is 12.0 Å². The summed E-state index contributed by atoms with van der Waals surface area (Å²) >= 11 is 0. The standard InChI is InChI=1S/C14H11N/c1-2-5-11(6-3-1)14-10-9-12-7-4-8-13(12)15-14/h1-7,9-10H,8H2. The number of aromatic nitrogens is 1. The third kappa shape index (κ3) is 1.46. The molecular weight excluding hydrogens is 182 g/mol. The zero-order chi connectivity index (χ0) is 10.1. The van der Waals surface area contributed by atoms with Crippen LogP contribution in [0.2, 0.25) is 0 Å².